The third-order valence-electron chi connectivity index (χ3n) is 5.40. The SMILES string of the molecule is CC1CCc2c(sc3nc(SC(C)C(=O)NC(C)C)n(-c4ccccc4)c(=O)c23)C1. The van der Waals surface area contributed by atoms with Gasteiger partial charge in [0, 0.05) is 10.9 Å². The van der Waals surface area contributed by atoms with E-state index in [0.717, 1.165) is 35.2 Å². The van der Waals surface area contributed by atoms with Crippen LogP contribution in [0.25, 0.3) is 15.9 Å². The molecule has 0 aliphatic heterocycles. The maximum absolute atomic E-state index is 13.7. The van der Waals surface area contributed by atoms with Crippen LogP contribution < -0.4 is 10.9 Å². The standard InChI is InChI=1S/C23H27N3O2S2/c1-13(2)24-20(27)15(4)29-23-25-21-19(17-11-10-14(3)12-18(17)30-21)22(28)26(23)16-8-6-5-7-9-16/h5-9,13-15H,10-12H2,1-4H3,(H,24,27). The van der Waals surface area contributed by atoms with E-state index in [4.69, 9.17) is 4.98 Å². The summed E-state index contributed by atoms with van der Waals surface area (Å²) in [6, 6.07) is 9.66. The van der Waals surface area contributed by atoms with Crippen molar-refractivity contribution in [3.05, 3.63) is 51.1 Å². The molecular weight excluding hydrogens is 414 g/mol. The molecule has 1 aliphatic carbocycles. The van der Waals surface area contributed by atoms with Crippen molar-refractivity contribution >= 4 is 39.2 Å². The highest BCUT2D eigenvalue weighted by molar-refractivity contribution is 8.00. The van der Waals surface area contributed by atoms with Crippen molar-refractivity contribution in [3.8, 4) is 5.69 Å². The van der Waals surface area contributed by atoms with Crippen LogP contribution in [0, 0.1) is 5.92 Å². The van der Waals surface area contributed by atoms with E-state index >= 15 is 0 Å². The largest absolute Gasteiger partial charge is 0.353 e. The fourth-order valence-corrected chi connectivity index (χ4v) is 6.23. The number of fused-ring (bicyclic) bond motifs is 3. The molecule has 158 valence electrons. The zero-order valence-electron chi connectivity index (χ0n) is 17.8. The molecule has 2 aromatic heterocycles. The van der Waals surface area contributed by atoms with Crippen molar-refractivity contribution in [2.75, 3.05) is 0 Å². The summed E-state index contributed by atoms with van der Waals surface area (Å²) in [6.07, 6.45) is 3.05. The molecular formula is C23H27N3O2S2. The van der Waals surface area contributed by atoms with Gasteiger partial charge in [-0.15, -0.1) is 11.3 Å². The van der Waals surface area contributed by atoms with E-state index in [9.17, 15) is 9.59 Å². The number of hydrogen-bond donors (Lipinski definition) is 1. The highest BCUT2D eigenvalue weighted by atomic mass is 32.2. The van der Waals surface area contributed by atoms with Crippen molar-refractivity contribution in [1.29, 1.82) is 0 Å². The average molecular weight is 442 g/mol. The number of benzene rings is 1. The van der Waals surface area contributed by atoms with Gasteiger partial charge in [0.15, 0.2) is 5.16 Å². The van der Waals surface area contributed by atoms with Crippen LogP contribution in [0.5, 0.6) is 0 Å². The van der Waals surface area contributed by atoms with Crippen LogP contribution in [0.15, 0.2) is 40.3 Å². The number of aromatic nitrogens is 2. The second-order valence-electron chi connectivity index (χ2n) is 8.33. The van der Waals surface area contributed by atoms with E-state index in [0.29, 0.717) is 11.1 Å². The van der Waals surface area contributed by atoms with E-state index in [1.54, 1.807) is 15.9 Å². The van der Waals surface area contributed by atoms with Gasteiger partial charge in [-0.1, -0.05) is 36.9 Å². The van der Waals surface area contributed by atoms with Crippen molar-refractivity contribution in [1.82, 2.24) is 14.9 Å². The number of carbonyl (C=O) groups excluding carboxylic acids is 1. The summed E-state index contributed by atoms with van der Waals surface area (Å²) >= 11 is 2.98. The van der Waals surface area contributed by atoms with Crippen LogP contribution in [0.4, 0.5) is 0 Å². The maximum atomic E-state index is 13.7. The van der Waals surface area contributed by atoms with Crippen LogP contribution in [0.2, 0.25) is 0 Å². The second kappa shape index (κ2) is 8.55. The summed E-state index contributed by atoms with van der Waals surface area (Å²) in [5.41, 5.74) is 1.93. The summed E-state index contributed by atoms with van der Waals surface area (Å²) < 4.78 is 1.68. The van der Waals surface area contributed by atoms with Crippen molar-refractivity contribution in [2.45, 2.75) is 63.4 Å². The Kier molecular flexibility index (Phi) is 6.02. The van der Waals surface area contributed by atoms with Crippen molar-refractivity contribution in [2.24, 2.45) is 5.92 Å². The summed E-state index contributed by atoms with van der Waals surface area (Å²) in [5.74, 6) is 0.582. The van der Waals surface area contributed by atoms with Gasteiger partial charge in [0.1, 0.15) is 4.83 Å². The Bertz CT molecular complexity index is 1130. The molecule has 0 bridgehead atoms. The molecule has 0 saturated carbocycles. The molecule has 1 amide bonds. The Morgan fingerprint density at radius 2 is 2.00 bits per heavy atom. The topological polar surface area (TPSA) is 64.0 Å². The Balaban J connectivity index is 1.86. The molecule has 1 N–H and O–H groups in total. The van der Waals surface area contributed by atoms with Gasteiger partial charge in [-0.2, -0.15) is 0 Å². The second-order valence-corrected chi connectivity index (χ2v) is 10.7. The monoisotopic (exact) mass is 441 g/mol. The molecule has 1 aromatic carbocycles. The van der Waals surface area contributed by atoms with Crippen LogP contribution in [-0.4, -0.2) is 26.8 Å². The first-order valence-electron chi connectivity index (χ1n) is 10.4. The van der Waals surface area contributed by atoms with E-state index in [1.165, 1.54) is 22.2 Å². The lowest BCUT2D eigenvalue weighted by Gasteiger charge is -2.18. The fraction of sp³-hybridized carbons (Fsp3) is 0.435. The number of nitrogens with zero attached hydrogens (tertiary/aromatic N) is 2. The predicted octanol–water partition coefficient (Wildman–Crippen LogP) is 4.58. The van der Waals surface area contributed by atoms with Crippen LogP contribution in [0.1, 0.15) is 44.6 Å². The zero-order chi connectivity index (χ0) is 21.4. The highest BCUT2D eigenvalue weighted by Gasteiger charge is 2.26. The first kappa shape index (κ1) is 21.1. The summed E-state index contributed by atoms with van der Waals surface area (Å²) in [5, 5.41) is 3.91. The number of hydrogen-bond acceptors (Lipinski definition) is 5. The molecule has 2 heterocycles. The fourth-order valence-electron chi connectivity index (χ4n) is 3.87. The molecule has 30 heavy (non-hydrogen) atoms. The van der Waals surface area contributed by atoms with Gasteiger partial charge < -0.3 is 5.32 Å². The Hall–Kier alpha value is -2.12. The van der Waals surface area contributed by atoms with E-state index in [-0.39, 0.29) is 22.8 Å². The number of nitrogens with one attached hydrogen (secondary N) is 1. The Labute approximate surface area is 184 Å². The Morgan fingerprint density at radius 1 is 1.27 bits per heavy atom. The minimum atomic E-state index is -0.360. The van der Waals surface area contributed by atoms with Crippen LogP contribution in [0.3, 0.4) is 0 Å². The van der Waals surface area contributed by atoms with E-state index in [1.807, 2.05) is 51.1 Å². The normalized spacial score (nSPS) is 17.2. The lowest BCUT2D eigenvalue weighted by molar-refractivity contribution is -0.120. The average Bonchev–Trinajstić information content (AvgIpc) is 3.05. The first-order valence-corrected chi connectivity index (χ1v) is 12.1. The molecule has 0 spiro atoms. The van der Waals surface area contributed by atoms with Gasteiger partial charge in [-0.3, -0.25) is 14.2 Å². The lowest BCUT2D eigenvalue weighted by Crippen LogP contribution is -2.36. The van der Waals surface area contributed by atoms with E-state index < -0.39 is 0 Å². The third kappa shape index (κ3) is 4.05. The van der Waals surface area contributed by atoms with Crippen LogP contribution in [-0.2, 0) is 17.6 Å². The molecule has 1 aliphatic rings. The number of aryl methyl sites for hydroxylation is 1. The highest BCUT2D eigenvalue weighted by Crippen LogP contribution is 2.37. The number of thiophene rings is 1. The number of rotatable bonds is 5. The number of thioether (sulfide) groups is 1. The molecule has 0 saturated heterocycles. The summed E-state index contributed by atoms with van der Waals surface area (Å²) in [6.45, 7) is 8.00. The van der Waals surface area contributed by atoms with Crippen molar-refractivity contribution < 1.29 is 4.79 Å². The van der Waals surface area contributed by atoms with E-state index in [2.05, 4.69) is 12.2 Å². The first-order chi connectivity index (χ1) is 14.3. The molecule has 2 unspecified atom stereocenters. The minimum Gasteiger partial charge on any atom is -0.353 e. The molecule has 7 heteroatoms. The molecule has 0 fully saturated rings. The summed E-state index contributed by atoms with van der Waals surface area (Å²) in [4.78, 5) is 33.2. The van der Waals surface area contributed by atoms with Gasteiger partial charge in [0.25, 0.3) is 5.56 Å². The molecule has 4 rings (SSSR count). The van der Waals surface area contributed by atoms with Gasteiger partial charge in [0.05, 0.1) is 16.3 Å². The molecule has 3 aromatic rings. The third-order valence-corrected chi connectivity index (χ3v) is 7.60. The number of para-hydroxylation sites is 1. The molecule has 0 radical (unpaired) electrons. The minimum absolute atomic E-state index is 0.0304. The Morgan fingerprint density at radius 3 is 2.70 bits per heavy atom. The molecule has 5 nitrogen and oxygen atoms in total. The number of amides is 1. The quantitative estimate of drug-likeness (QED) is 0.465. The van der Waals surface area contributed by atoms with Gasteiger partial charge >= 0.3 is 0 Å². The summed E-state index contributed by atoms with van der Waals surface area (Å²) in [7, 11) is 0. The predicted molar refractivity (Wildman–Crippen MR) is 125 cm³/mol. The lowest BCUT2D eigenvalue weighted by atomic mass is 9.89. The van der Waals surface area contributed by atoms with Crippen LogP contribution >= 0.6 is 23.1 Å². The van der Waals surface area contributed by atoms with Gasteiger partial charge in [0.2, 0.25) is 5.91 Å². The molecule has 2 atom stereocenters. The maximum Gasteiger partial charge on any atom is 0.267 e. The van der Waals surface area contributed by atoms with Crippen molar-refractivity contribution in [3.63, 3.8) is 0 Å². The number of carbonyl (C=O) groups is 1. The zero-order valence-corrected chi connectivity index (χ0v) is 19.4. The van der Waals surface area contributed by atoms with Gasteiger partial charge in [-0.25, -0.2) is 4.98 Å². The smallest absolute Gasteiger partial charge is 0.267 e. The van der Waals surface area contributed by atoms with Gasteiger partial charge in [-0.05, 0) is 63.6 Å².